The van der Waals surface area contributed by atoms with Crippen LogP contribution in [-0.4, -0.2) is 50.9 Å². The number of nitrogens with zero attached hydrogens (tertiary/aromatic N) is 5. The van der Waals surface area contributed by atoms with Crippen LogP contribution in [0.2, 0.25) is 0 Å². The van der Waals surface area contributed by atoms with E-state index in [1.807, 2.05) is 41.1 Å². The van der Waals surface area contributed by atoms with Gasteiger partial charge >= 0.3 is 0 Å². The Morgan fingerprint density at radius 3 is 2.50 bits per heavy atom. The second-order valence-corrected chi connectivity index (χ2v) is 10.7. The lowest BCUT2D eigenvalue weighted by atomic mass is 10.0. The lowest BCUT2D eigenvalue weighted by molar-refractivity contribution is 0.163. The van der Waals surface area contributed by atoms with Crippen molar-refractivity contribution in [2.45, 2.75) is 65.6 Å². The normalized spacial score (nSPS) is 12.7. The zero-order valence-corrected chi connectivity index (χ0v) is 23.4. The average molecular weight is 519 g/mol. The van der Waals surface area contributed by atoms with Crippen LogP contribution in [0.3, 0.4) is 0 Å². The van der Waals surface area contributed by atoms with Crippen molar-refractivity contribution in [3.63, 3.8) is 0 Å². The molecule has 2 heterocycles. The Labute approximate surface area is 223 Å². The van der Waals surface area contributed by atoms with E-state index in [0.717, 1.165) is 40.7 Å². The first-order valence-corrected chi connectivity index (χ1v) is 13.0. The molecule has 1 N–H and O–H groups in total. The highest BCUT2D eigenvalue weighted by Crippen LogP contribution is 2.30. The van der Waals surface area contributed by atoms with Crippen LogP contribution >= 0.6 is 0 Å². The lowest BCUT2D eigenvalue weighted by Crippen LogP contribution is -2.36. The Morgan fingerprint density at radius 1 is 1.05 bits per heavy atom. The van der Waals surface area contributed by atoms with Crippen molar-refractivity contribution in [2.24, 2.45) is 0 Å². The molecule has 0 spiro atoms. The van der Waals surface area contributed by atoms with Crippen LogP contribution in [0.25, 0.3) is 10.9 Å². The average Bonchev–Trinajstić information content (AvgIpc) is 3.38. The van der Waals surface area contributed by atoms with Crippen LogP contribution in [0.4, 0.5) is 0 Å². The fourth-order valence-electron chi connectivity index (χ4n) is 4.85. The van der Waals surface area contributed by atoms with Gasteiger partial charge in [0.15, 0.2) is 17.3 Å². The number of H-pyrrole nitrogens is 1. The summed E-state index contributed by atoms with van der Waals surface area (Å²) in [5.74, 6) is 2.18. The molecule has 0 fully saturated rings. The van der Waals surface area contributed by atoms with Crippen molar-refractivity contribution in [3.05, 3.63) is 75.3 Å². The number of hydrogen-bond donors (Lipinski definition) is 1. The molecule has 0 aliphatic carbocycles. The number of benzene rings is 2. The monoisotopic (exact) mass is 518 g/mol. The summed E-state index contributed by atoms with van der Waals surface area (Å²) in [7, 11) is 3.27. The zero-order chi connectivity index (χ0) is 27.4. The molecule has 4 rings (SSSR count). The highest BCUT2D eigenvalue weighted by molar-refractivity contribution is 5.79. The predicted octanol–water partition coefficient (Wildman–Crippen LogP) is 4.79. The number of rotatable bonds is 10. The number of fused-ring (bicyclic) bond motifs is 1. The fraction of sp³-hybridized carbons (Fsp3) is 0.448. The molecule has 0 aliphatic heterocycles. The van der Waals surface area contributed by atoms with Crippen LogP contribution in [-0.2, 0) is 18.5 Å². The molecule has 0 saturated carbocycles. The Bertz CT molecular complexity index is 1450. The van der Waals surface area contributed by atoms with Gasteiger partial charge in [0.25, 0.3) is 5.56 Å². The number of ether oxygens (including phenoxy) is 2. The van der Waals surface area contributed by atoms with Gasteiger partial charge in [0.2, 0.25) is 0 Å². The van der Waals surface area contributed by atoms with Gasteiger partial charge in [-0.15, -0.1) is 5.10 Å². The standard InChI is InChI=1S/C29H38N6O3/c1-8-24(27-31-32-33-35(27)29(3,4)5)34(14-13-20-10-12-25(37-6)26(16-20)38-7)18-22-17-21-15-19(2)9-11-23(21)30-28(22)36/h9-12,15-17,24H,8,13-14,18H2,1-7H3,(H,30,36)/t24-/m0/s1. The number of pyridine rings is 1. The first-order chi connectivity index (χ1) is 18.1. The van der Waals surface area contributed by atoms with Crippen LogP contribution in [0.15, 0.2) is 47.3 Å². The van der Waals surface area contributed by atoms with Gasteiger partial charge in [0.05, 0.1) is 25.8 Å². The highest BCUT2D eigenvalue weighted by Gasteiger charge is 2.29. The molecule has 2 aromatic heterocycles. The summed E-state index contributed by atoms with van der Waals surface area (Å²) in [4.78, 5) is 18.5. The molecule has 9 nitrogen and oxygen atoms in total. The maximum Gasteiger partial charge on any atom is 0.252 e. The molecular formula is C29H38N6O3. The molecule has 0 bridgehead atoms. The van der Waals surface area contributed by atoms with E-state index in [-0.39, 0.29) is 17.1 Å². The van der Waals surface area contributed by atoms with Gasteiger partial charge < -0.3 is 14.5 Å². The molecule has 202 valence electrons. The summed E-state index contributed by atoms with van der Waals surface area (Å²) >= 11 is 0. The van der Waals surface area contributed by atoms with Crippen LogP contribution in [0.5, 0.6) is 11.5 Å². The summed E-state index contributed by atoms with van der Waals surface area (Å²) < 4.78 is 12.8. The molecule has 4 aromatic rings. The van der Waals surface area contributed by atoms with Crippen molar-refractivity contribution in [1.29, 1.82) is 0 Å². The van der Waals surface area contributed by atoms with Gasteiger partial charge in [-0.25, -0.2) is 4.68 Å². The summed E-state index contributed by atoms with van der Waals surface area (Å²) in [6.07, 6.45) is 1.53. The maximum atomic E-state index is 13.1. The molecule has 0 saturated heterocycles. The first-order valence-electron chi connectivity index (χ1n) is 13.0. The molecule has 38 heavy (non-hydrogen) atoms. The molecule has 0 aliphatic rings. The van der Waals surface area contributed by atoms with Crippen molar-refractivity contribution >= 4 is 10.9 Å². The Balaban J connectivity index is 1.72. The summed E-state index contributed by atoms with van der Waals surface area (Å²) in [5.41, 5.74) is 3.45. The number of methoxy groups -OCH3 is 2. The van der Waals surface area contributed by atoms with Crippen LogP contribution < -0.4 is 15.0 Å². The number of aryl methyl sites for hydroxylation is 1. The third kappa shape index (κ3) is 5.88. The Morgan fingerprint density at radius 2 is 1.82 bits per heavy atom. The molecule has 2 aromatic carbocycles. The van der Waals surface area contributed by atoms with Gasteiger partial charge in [0.1, 0.15) is 0 Å². The summed E-state index contributed by atoms with van der Waals surface area (Å²) in [5, 5.41) is 13.8. The van der Waals surface area contributed by atoms with Crippen LogP contribution in [0, 0.1) is 6.92 Å². The topological polar surface area (TPSA) is 98.2 Å². The fourth-order valence-corrected chi connectivity index (χ4v) is 4.85. The van der Waals surface area contributed by atoms with Gasteiger partial charge in [-0.1, -0.05) is 24.6 Å². The third-order valence-electron chi connectivity index (χ3n) is 6.84. The second-order valence-electron chi connectivity index (χ2n) is 10.7. The van der Waals surface area contributed by atoms with E-state index < -0.39 is 0 Å². The number of hydrogen-bond acceptors (Lipinski definition) is 7. The van der Waals surface area contributed by atoms with Crippen molar-refractivity contribution in [3.8, 4) is 11.5 Å². The van der Waals surface area contributed by atoms with E-state index in [9.17, 15) is 4.79 Å². The number of nitrogens with one attached hydrogen (secondary N) is 1. The van der Waals surface area contributed by atoms with Gasteiger partial charge in [-0.05, 0) is 92.2 Å². The van der Waals surface area contributed by atoms with Gasteiger partial charge in [0, 0.05) is 24.2 Å². The van der Waals surface area contributed by atoms with Crippen LogP contribution in [0.1, 0.15) is 62.7 Å². The third-order valence-corrected chi connectivity index (χ3v) is 6.84. The zero-order valence-electron chi connectivity index (χ0n) is 23.4. The second kappa shape index (κ2) is 11.3. The number of tetrazole rings is 1. The number of aromatic nitrogens is 5. The maximum absolute atomic E-state index is 13.1. The molecule has 1 atom stereocenters. The van der Waals surface area contributed by atoms with E-state index in [1.165, 1.54) is 0 Å². The van der Waals surface area contributed by atoms with Gasteiger partial charge in [-0.3, -0.25) is 9.69 Å². The summed E-state index contributed by atoms with van der Waals surface area (Å²) in [6, 6.07) is 14.0. The van der Waals surface area contributed by atoms with Gasteiger partial charge in [-0.2, -0.15) is 0 Å². The molecule has 9 heteroatoms. The van der Waals surface area contributed by atoms with E-state index in [2.05, 4.69) is 66.1 Å². The molecular weight excluding hydrogens is 480 g/mol. The quantitative estimate of drug-likeness (QED) is 0.322. The molecule has 0 unspecified atom stereocenters. The lowest BCUT2D eigenvalue weighted by Gasteiger charge is -2.32. The minimum absolute atomic E-state index is 0.0808. The Hall–Kier alpha value is -3.72. The van der Waals surface area contributed by atoms with E-state index in [0.29, 0.717) is 30.2 Å². The van der Waals surface area contributed by atoms with Crippen molar-refractivity contribution in [1.82, 2.24) is 30.1 Å². The smallest absolute Gasteiger partial charge is 0.252 e. The summed E-state index contributed by atoms with van der Waals surface area (Å²) in [6.45, 7) is 11.6. The number of aromatic amines is 1. The van der Waals surface area contributed by atoms with E-state index >= 15 is 0 Å². The van der Waals surface area contributed by atoms with Crippen molar-refractivity contribution < 1.29 is 9.47 Å². The largest absolute Gasteiger partial charge is 0.493 e. The van der Waals surface area contributed by atoms with E-state index in [4.69, 9.17) is 9.47 Å². The SMILES string of the molecule is CC[C@@H](c1nnnn1C(C)(C)C)N(CCc1ccc(OC)c(OC)c1)Cc1cc2cc(C)ccc2[nH]c1=O. The highest BCUT2D eigenvalue weighted by atomic mass is 16.5. The molecule has 0 radical (unpaired) electrons. The van der Waals surface area contributed by atoms with Crippen molar-refractivity contribution in [2.75, 3.05) is 20.8 Å². The van der Waals surface area contributed by atoms with E-state index in [1.54, 1.807) is 14.2 Å². The Kier molecular flexibility index (Phi) is 8.16. The first kappa shape index (κ1) is 27.3. The minimum atomic E-state index is -0.279. The predicted molar refractivity (Wildman–Crippen MR) is 149 cm³/mol. The minimum Gasteiger partial charge on any atom is -0.493 e. The molecule has 0 amide bonds.